The lowest BCUT2D eigenvalue weighted by atomic mass is 9.84. The molecule has 0 heteroatoms. The highest BCUT2D eigenvalue weighted by molar-refractivity contribution is 6.23. The molecule has 0 aliphatic heterocycles. The Labute approximate surface area is 245 Å². The highest BCUT2D eigenvalue weighted by Gasteiger charge is 2.23. The molecule has 0 unspecified atom stereocenters. The minimum absolute atomic E-state index is 1.23. The van der Waals surface area contributed by atoms with Gasteiger partial charge in [-0.1, -0.05) is 146 Å². The van der Waals surface area contributed by atoms with E-state index in [2.05, 4.69) is 158 Å². The molecule has 0 fully saturated rings. The minimum Gasteiger partial charge on any atom is -0.0622 e. The number of fused-ring (bicyclic) bond motifs is 5. The third-order valence-corrected chi connectivity index (χ3v) is 8.99. The van der Waals surface area contributed by atoms with Gasteiger partial charge in [0, 0.05) is 0 Å². The summed E-state index contributed by atoms with van der Waals surface area (Å²) in [4.78, 5) is 0. The smallest absolute Gasteiger partial charge is 0.00259 e. The van der Waals surface area contributed by atoms with Crippen LogP contribution in [0.2, 0.25) is 0 Å². The Hall–Kier alpha value is -5.46. The maximum atomic E-state index is 2.43. The number of benzene rings is 8. The van der Waals surface area contributed by atoms with Crippen molar-refractivity contribution < 1.29 is 0 Å². The second-order valence-corrected chi connectivity index (χ2v) is 11.3. The van der Waals surface area contributed by atoms with Gasteiger partial charge < -0.3 is 0 Å². The van der Waals surface area contributed by atoms with Crippen LogP contribution in [-0.4, -0.2) is 0 Å². The molecule has 194 valence electrons. The molecule has 0 aromatic heterocycles. The molecule has 0 heterocycles. The third kappa shape index (κ3) is 3.36. The Kier molecular flexibility index (Phi) is 5.00. The van der Waals surface area contributed by atoms with Crippen LogP contribution < -0.4 is 0 Å². The summed E-state index contributed by atoms with van der Waals surface area (Å²) in [5, 5.41) is 7.80. The molecule has 0 saturated heterocycles. The maximum Gasteiger partial charge on any atom is -0.00259 e. The van der Waals surface area contributed by atoms with Crippen molar-refractivity contribution in [1.29, 1.82) is 0 Å². The van der Waals surface area contributed by atoms with Crippen LogP contribution in [0.1, 0.15) is 0 Å². The van der Waals surface area contributed by atoms with Crippen molar-refractivity contribution in [3.05, 3.63) is 158 Å². The van der Waals surface area contributed by atoms with Gasteiger partial charge in [0.1, 0.15) is 0 Å². The molecule has 0 spiro atoms. The summed E-state index contributed by atoms with van der Waals surface area (Å²) in [5.41, 5.74) is 12.9. The lowest BCUT2D eigenvalue weighted by Gasteiger charge is -2.19. The molecule has 8 aromatic rings. The van der Waals surface area contributed by atoms with Crippen molar-refractivity contribution in [2.24, 2.45) is 0 Å². The molecular weight excluding hydrogens is 504 g/mol. The van der Waals surface area contributed by atoms with Crippen molar-refractivity contribution in [2.45, 2.75) is 0 Å². The summed E-state index contributed by atoms with van der Waals surface area (Å²) in [6.07, 6.45) is 0. The van der Waals surface area contributed by atoms with Gasteiger partial charge in [0.05, 0.1) is 0 Å². The largest absolute Gasteiger partial charge is 0.0622 e. The zero-order chi connectivity index (χ0) is 27.6. The average Bonchev–Trinajstić information content (AvgIpc) is 3.39. The Balaban J connectivity index is 1.33. The van der Waals surface area contributed by atoms with Crippen LogP contribution in [0, 0.1) is 0 Å². The van der Waals surface area contributed by atoms with E-state index >= 15 is 0 Å². The molecule has 0 atom stereocenters. The van der Waals surface area contributed by atoms with Gasteiger partial charge in [0.2, 0.25) is 0 Å². The Morgan fingerprint density at radius 3 is 1.38 bits per heavy atom. The van der Waals surface area contributed by atoms with Crippen molar-refractivity contribution >= 4 is 32.3 Å². The second-order valence-electron chi connectivity index (χ2n) is 11.3. The van der Waals surface area contributed by atoms with Crippen LogP contribution in [0.15, 0.2) is 158 Å². The Morgan fingerprint density at radius 2 is 0.738 bits per heavy atom. The summed E-state index contributed by atoms with van der Waals surface area (Å²) in [5.74, 6) is 0. The van der Waals surface area contributed by atoms with Crippen molar-refractivity contribution in [3.63, 3.8) is 0 Å². The zero-order valence-corrected chi connectivity index (χ0v) is 23.0. The monoisotopic (exact) mass is 530 g/mol. The van der Waals surface area contributed by atoms with Gasteiger partial charge in [-0.05, 0) is 100 Å². The predicted octanol–water partition coefficient (Wildman–Crippen LogP) is 11.8. The topological polar surface area (TPSA) is 0 Å². The lowest BCUT2D eigenvalue weighted by molar-refractivity contribution is 1.61. The van der Waals surface area contributed by atoms with Gasteiger partial charge in [-0.3, -0.25) is 0 Å². The number of rotatable bonds is 3. The SMILES string of the molecule is c1ccc(-c2ccc(-c3c4ccccc4c(-c4cc5c6c(cccc6c4)-c4ccccc4-5)c4ccccc34)cc2)cc1. The average molecular weight is 531 g/mol. The van der Waals surface area contributed by atoms with Crippen LogP contribution in [-0.2, 0) is 0 Å². The summed E-state index contributed by atoms with van der Waals surface area (Å²) >= 11 is 0. The van der Waals surface area contributed by atoms with E-state index in [9.17, 15) is 0 Å². The van der Waals surface area contributed by atoms with Gasteiger partial charge in [-0.2, -0.15) is 0 Å². The molecule has 42 heavy (non-hydrogen) atoms. The molecule has 0 amide bonds. The van der Waals surface area contributed by atoms with E-state index in [1.165, 1.54) is 88.0 Å². The van der Waals surface area contributed by atoms with Gasteiger partial charge in [0.25, 0.3) is 0 Å². The summed E-state index contributed by atoms with van der Waals surface area (Å²) in [6, 6.07) is 58.0. The molecule has 0 N–H and O–H groups in total. The first-order valence-corrected chi connectivity index (χ1v) is 14.6. The molecule has 0 radical (unpaired) electrons. The fourth-order valence-corrected chi connectivity index (χ4v) is 7.17. The van der Waals surface area contributed by atoms with Crippen LogP contribution in [0.3, 0.4) is 0 Å². The van der Waals surface area contributed by atoms with Crippen LogP contribution in [0.5, 0.6) is 0 Å². The zero-order valence-electron chi connectivity index (χ0n) is 23.0. The summed E-state index contributed by atoms with van der Waals surface area (Å²) < 4.78 is 0. The first-order valence-electron chi connectivity index (χ1n) is 14.6. The predicted molar refractivity (Wildman–Crippen MR) is 180 cm³/mol. The number of hydrogen-bond acceptors (Lipinski definition) is 0. The van der Waals surface area contributed by atoms with E-state index in [-0.39, 0.29) is 0 Å². The van der Waals surface area contributed by atoms with Crippen LogP contribution in [0.25, 0.3) is 88.0 Å². The quantitative estimate of drug-likeness (QED) is 0.199. The van der Waals surface area contributed by atoms with Gasteiger partial charge in [-0.15, -0.1) is 0 Å². The van der Waals surface area contributed by atoms with E-state index in [1.54, 1.807) is 0 Å². The van der Waals surface area contributed by atoms with Crippen LogP contribution in [0.4, 0.5) is 0 Å². The fraction of sp³-hybridized carbons (Fsp3) is 0. The van der Waals surface area contributed by atoms with Crippen molar-refractivity contribution in [2.75, 3.05) is 0 Å². The third-order valence-electron chi connectivity index (χ3n) is 8.99. The van der Waals surface area contributed by atoms with Crippen LogP contribution >= 0.6 is 0 Å². The van der Waals surface area contributed by atoms with E-state index in [1.807, 2.05) is 0 Å². The molecule has 0 nitrogen and oxygen atoms in total. The summed E-state index contributed by atoms with van der Waals surface area (Å²) in [7, 11) is 0. The molecule has 0 bridgehead atoms. The normalized spacial score (nSPS) is 11.8. The van der Waals surface area contributed by atoms with Gasteiger partial charge in [0.15, 0.2) is 0 Å². The minimum atomic E-state index is 1.23. The Bertz CT molecular complexity index is 2270. The number of hydrogen-bond donors (Lipinski definition) is 0. The summed E-state index contributed by atoms with van der Waals surface area (Å²) in [6.45, 7) is 0. The highest BCUT2D eigenvalue weighted by atomic mass is 14.3. The van der Waals surface area contributed by atoms with Gasteiger partial charge in [-0.25, -0.2) is 0 Å². The molecule has 9 rings (SSSR count). The second kappa shape index (κ2) is 9.03. The lowest BCUT2D eigenvalue weighted by Crippen LogP contribution is -1.91. The molecule has 1 aliphatic carbocycles. The van der Waals surface area contributed by atoms with E-state index < -0.39 is 0 Å². The Morgan fingerprint density at radius 1 is 0.262 bits per heavy atom. The van der Waals surface area contributed by atoms with E-state index in [4.69, 9.17) is 0 Å². The molecule has 8 aromatic carbocycles. The first kappa shape index (κ1) is 23.3. The van der Waals surface area contributed by atoms with Crippen molar-refractivity contribution in [1.82, 2.24) is 0 Å². The molecule has 1 aliphatic rings. The molecule has 0 saturated carbocycles. The standard InChI is InChI=1S/C42H26/c1-2-11-27(12-3-1)28-21-23-29(24-22-28)40-35-16-6-8-18-37(35)42(38-19-9-7-17-36(38)40)31-25-30-13-10-20-34-32-14-4-5-15-33(32)39(26-31)41(30)34/h1-26H. The highest BCUT2D eigenvalue weighted by Crippen LogP contribution is 2.50. The van der Waals surface area contributed by atoms with Crippen molar-refractivity contribution in [3.8, 4) is 55.6 Å². The van der Waals surface area contributed by atoms with Gasteiger partial charge >= 0.3 is 0 Å². The first-order chi connectivity index (χ1) is 20.8. The van der Waals surface area contributed by atoms with E-state index in [0.717, 1.165) is 0 Å². The maximum absolute atomic E-state index is 2.43. The van der Waals surface area contributed by atoms with E-state index in [0.29, 0.717) is 0 Å². The molecular formula is C42H26. The fourth-order valence-electron chi connectivity index (χ4n) is 7.17.